The summed E-state index contributed by atoms with van der Waals surface area (Å²) in [5.41, 5.74) is 3.51. The molecular formula is C19H16BrN3O2S. The zero-order chi connectivity index (χ0) is 18.3. The van der Waals surface area contributed by atoms with E-state index in [-0.39, 0.29) is 18.4 Å². The minimum atomic E-state index is -0.273. The van der Waals surface area contributed by atoms with Crippen LogP contribution in [0.15, 0.2) is 22.7 Å². The van der Waals surface area contributed by atoms with Crippen molar-refractivity contribution in [1.82, 2.24) is 0 Å². The number of halogens is 1. The molecule has 1 aromatic heterocycles. The van der Waals surface area contributed by atoms with Crippen molar-refractivity contribution in [3.8, 4) is 6.07 Å². The molecule has 26 heavy (non-hydrogen) atoms. The van der Waals surface area contributed by atoms with Gasteiger partial charge in [0.25, 0.3) is 0 Å². The van der Waals surface area contributed by atoms with Gasteiger partial charge in [-0.1, -0.05) is 15.9 Å². The van der Waals surface area contributed by atoms with Crippen molar-refractivity contribution >= 4 is 49.8 Å². The second kappa shape index (κ2) is 6.86. The van der Waals surface area contributed by atoms with E-state index < -0.39 is 0 Å². The molecule has 0 radical (unpaired) electrons. The Morgan fingerprint density at radius 2 is 2.15 bits per heavy atom. The lowest BCUT2D eigenvalue weighted by Gasteiger charge is -2.29. The Bertz CT molecular complexity index is 960. The van der Waals surface area contributed by atoms with E-state index in [4.69, 9.17) is 0 Å². The number of carbonyl (C=O) groups excluding carboxylic acids is 2. The summed E-state index contributed by atoms with van der Waals surface area (Å²) in [4.78, 5) is 27.7. The maximum absolute atomic E-state index is 12.6. The molecule has 132 valence electrons. The molecule has 0 saturated carbocycles. The molecule has 1 aliphatic carbocycles. The van der Waals surface area contributed by atoms with Crippen LogP contribution in [0.4, 0.5) is 10.7 Å². The highest BCUT2D eigenvalue weighted by atomic mass is 79.9. The van der Waals surface area contributed by atoms with Crippen molar-refractivity contribution in [3.05, 3.63) is 44.2 Å². The van der Waals surface area contributed by atoms with E-state index in [0.29, 0.717) is 23.4 Å². The van der Waals surface area contributed by atoms with Crippen molar-refractivity contribution in [2.24, 2.45) is 0 Å². The van der Waals surface area contributed by atoms with Gasteiger partial charge in [-0.2, -0.15) is 5.26 Å². The van der Waals surface area contributed by atoms with Gasteiger partial charge in [-0.15, -0.1) is 11.3 Å². The molecule has 2 aliphatic rings. The van der Waals surface area contributed by atoms with Gasteiger partial charge in [0.05, 0.1) is 5.56 Å². The Balaban J connectivity index is 1.54. The van der Waals surface area contributed by atoms with Gasteiger partial charge in [0.2, 0.25) is 11.8 Å². The Morgan fingerprint density at radius 1 is 1.31 bits per heavy atom. The van der Waals surface area contributed by atoms with Gasteiger partial charge in [0, 0.05) is 21.5 Å². The summed E-state index contributed by atoms with van der Waals surface area (Å²) in [5.74, 6) is -0.324. The molecule has 1 aromatic carbocycles. The first-order valence-corrected chi connectivity index (χ1v) is 10.1. The van der Waals surface area contributed by atoms with Gasteiger partial charge in [-0.3, -0.25) is 9.59 Å². The number of carbonyl (C=O) groups is 2. The number of hydrogen-bond donors (Lipinski definition) is 1. The highest BCUT2D eigenvalue weighted by molar-refractivity contribution is 9.10. The minimum absolute atomic E-state index is 0.0408. The van der Waals surface area contributed by atoms with Crippen LogP contribution in [0, 0.1) is 11.3 Å². The van der Waals surface area contributed by atoms with Gasteiger partial charge in [0.15, 0.2) is 0 Å². The van der Waals surface area contributed by atoms with Crippen molar-refractivity contribution in [1.29, 1.82) is 5.26 Å². The molecule has 2 amide bonds. The third kappa shape index (κ3) is 3.04. The summed E-state index contributed by atoms with van der Waals surface area (Å²) >= 11 is 4.93. The van der Waals surface area contributed by atoms with Gasteiger partial charge >= 0.3 is 0 Å². The average Bonchev–Trinajstić information content (AvgIpc) is 3.18. The van der Waals surface area contributed by atoms with E-state index >= 15 is 0 Å². The molecular weight excluding hydrogens is 414 g/mol. The molecule has 0 unspecified atom stereocenters. The third-order valence-corrected chi connectivity index (χ3v) is 6.53. The number of fused-ring (bicyclic) bond motifs is 2. The summed E-state index contributed by atoms with van der Waals surface area (Å²) in [6.07, 6.45) is 4.02. The summed E-state index contributed by atoms with van der Waals surface area (Å²) in [6.45, 7) is -0.0408. The number of amides is 2. The van der Waals surface area contributed by atoms with E-state index in [1.807, 2.05) is 18.2 Å². The lowest BCUT2D eigenvalue weighted by atomic mass is 10.0. The highest BCUT2D eigenvalue weighted by Gasteiger charge is 2.28. The minimum Gasteiger partial charge on any atom is -0.315 e. The summed E-state index contributed by atoms with van der Waals surface area (Å²) < 4.78 is 0.960. The second-order valence-electron chi connectivity index (χ2n) is 6.47. The molecule has 5 nitrogen and oxygen atoms in total. The van der Waals surface area contributed by atoms with Crippen LogP contribution in [0.2, 0.25) is 0 Å². The average molecular weight is 430 g/mol. The Labute approximate surface area is 163 Å². The zero-order valence-corrected chi connectivity index (χ0v) is 16.4. The van der Waals surface area contributed by atoms with E-state index in [9.17, 15) is 14.9 Å². The molecule has 1 aliphatic heterocycles. The largest absolute Gasteiger partial charge is 0.315 e. The molecule has 0 atom stereocenters. The summed E-state index contributed by atoms with van der Waals surface area (Å²) in [6, 6.07) is 7.96. The van der Waals surface area contributed by atoms with E-state index in [0.717, 1.165) is 40.5 Å². The molecule has 2 aromatic rings. The van der Waals surface area contributed by atoms with Crippen molar-refractivity contribution in [2.75, 3.05) is 16.8 Å². The van der Waals surface area contributed by atoms with Crippen LogP contribution in [0.25, 0.3) is 0 Å². The molecule has 7 heteroatoms. The Kier molecular flexibility index (Phi) is 4.55. The number of anilines is 2. The maximum Gasteiger partial charge on any atom is 0.245 e. The predicted molar refractivity (Wildman–Crippen MR) is 105 cm³/mol. The van der Waals surface area contributed by atoms with Crippen LogP contribution >= 0.6 is 27.3 Å². The van der Waals surface area contributed by atoms with Crippen LogP contribution in [0.1, 0.15) is 34.4 Å². The normalized spacial score (nSPS) is 15.4. The first-order chi connectivity index (χ1) is 12.6. The van der Waals surface area contributed by atoms with Crippen LogP contribution in [0.3, 0.4) is 0 Å². The first kappa shape index (κ1) is 17.3. The van der Waals surface area contributed by atoms with Crippen LogP contribution < -0.4 is 10.2 Å². The van der Waals surface area contributed by atoms with Gasteiger partial charge in [-0.25, -0.2) is 0 Å². The van der Waals surface area contributed by atoms with Crippen LogP contribution in [0.5, 0.6) is 0 Å². The Morgan fingerprint density at radius 3 is 2.96 bits per heavy atom. The van der Waals surface area contributed by atoms with Crippen molar-refractivity contribution < 1.29 is 9.59 Å². The predicted octanol–water partition coefficient (Wildman–Crippen LogP) is 3.79. The number of nitrogens with zero attached hydrogens (tertiary/aromatic N) is 2. The number of benzene rings is 1. The van der Waals surface area contributed by atoms with E-state index in [2.05, 4.69) is 27.3 Å². The quantitative estimate of drug-likeness (QED) is 0.806. The fourth-order valence-electron chi connectivity index (χ4n) is 3.62. The molecule has 0 fully saturated rings. The highest BCUT2D eigenvalue weighted by Crippen LogP contribution is 2.38. The Hall–Kier alpha value is -2.17. The number of hydrogen-bond acceptors (Lipinski definition) is 4. The smallest absolute Gasteiger partial charge is 0.245 e. The topological polar surface area (TPSA) is 73.2 Å². The first-order valence-electron chi connectivity index (χ1n) is 8.50. The lowest BCUT2D eigenvalue weighted by Crippen LogP contribution is -2.40. The molecule has 0 spiro atoms. The van der Waals surface area contributed by atoms with Gasteiger partial charge in [0.1, 0.15) is 17.6 Å². The molecule has 4 rings (SSSR count). The number of aryl methyl sites for hydroxylation is 2. The fourth-order valence-corrected chi connectivity index (χ4v) is 5.29. The second-order valence-corrected chi connectivity index (χ2v) is 8.50. The summed E-state index contributed by atoms with van der Waals surface area (Å²) in [7, 11) is 0. The monoisotopic (exact) mass is 429 g/mol. The lowest BCUT2D eigenvalue weighted by molar-refractivity contribution is -0.121. The summed E-state index contributed by atoms with van der Waals surface area (Å²) in [5, 5.41) is 12.9. The zero-order valence-electron chi connectivity index (χ0n) is 14.0. The van der Waals surface area contributed by atoms with Gasteiger partial charge in [-0.05, 0) is 55.0 Å². The molecule has 1 N–H and O–H groups in total. The molecule has 2 heterocycles. The van der Waals surface area contributed by atoms with Gasteiger partial charge < -0.3 is 10.2 Å². The SMILES string of the molecule is N#Cc1c(NC(=O)CN2C(=O)CCc3cc(Br)ccc32)sc2c1CCC2. The van der Waals surface area contributed by atoms with Crippen molar-refractivity contribution in [3.63, 3.8) is 0 Å². The van der Waals surface area contributed by atoms with Crippen molar-refractivity contribution in [2.45, 2.75) is 32.1 Å². The standard InChI is InChI=1S/C19H16BrN3O2S/c20-12-5-6-15-11(8-12)4-7-18(25)23(15)10-17(24)22-19-14(9-21)13-2-1-3-16(13)26-19/h5-6,8H,1-4,7,10H2,(H,22,24). The van der Waals surface area contributed by atoms with Crippen LogP contribution in [-0.2, 0) is 28.9 Å². The maximum atomic E-state index is 12.6. The number of rotatable bonds is 3. The third-order valence-electron chi connectivity index (χ3n) is 4.83. The van der Waals surface area contributed by atoms with E-state index in [1.54, 1.807) is 0 Å². The van der Waals surface area contributed by atoms with Crippen LogP contribution in [-0.4, -0.2) is 18.4 Å². The van der Waals surface area contributed by atoms with E-state index in [1.165, 1.54) is 21.1 Å². The molecule has 0 bridgehead atoms. The number of nitrogens with one attached hydrogen (secondary N) is 1. The number of nitriles is 1. The molecule has 0 saturated heterocycles. The fraction of sp³-hybridized carbons (Fsp3) is 0.316. The number of thiophene rings is 1.